The Morgan fingerprint density at radius 1 is 1.22 bits per heavy atom. The topological polar surface area (TPSA) is 38.7 Å². The van der Waals surface area contributed by atoms with Crippen molar-refractivity contribution >= 4 is 28.3 Å². The molecule has 0 N–H and O–H groups in total. The largest absolute Gasteiger partial charge is 0.381 e. The van der Waals surface area contributed by atoms with Gasteiger partial charge in [-0.2, -0.15) is 4.40 Å². The lowest BCUT2D eigenvalue weighted by Crippen LogP contribution is -2.21. The van der Waals surface area contributed by atoms with Gasteiger partial charge in [0.05, 0.1) is 10.5 Å². The van der Waals surface area contributed by atoms with Crippen LogP contribution in [0.5, 0.6) is 0 Å². The van der Waals surface area contributed by atoms with Crippen molar-refractivity contribution in [2.24, 2.45) is 4.40 Å². The average molecular weight is 358 g/mol. The van der Waals surface area contributed by atoms with E-state index in [-0.39, 0.29) is 4.75 Å². The summed E-state index contributed by atoms with van der Waals surface area (Å²) in [6.07, 6.45) is 4.16. The number of ether oxygens (including phenoxy) is 1. The zero-order valence-electron chi connectivity index (χ0n) is 14.4. The Morgan fingerprint density at radius 2 is 1.83 bits per heavy atom. The Kier molecular flexibility index (Phi) is 9.68. The fraction of sp³-hybridized carbons (Fsp3) is 0.611. The number of hydrogen-bond acceptors (Lipinski definition) is 2. The Hall–Kier alpha value is -0.710. The Labute approximate surface area is 148 Å². The molecule has 1 aliphatic heterocycles. The van der Waals surface area contributed by atoms with E-state index in [1.807, 2.05) is 51.1 Å². The minimum atomic E-state index is -1.23. The molecule has 1 saturated heterocycles. The molecule has 2 rings (SSSR count). The van der Waals surface area contributed by atoms with Crippen molar-refractivity contribution in [3.05, 3.63) is 35.9 Å². The molecule has 0 unspecified atom stereocenters. The fourth-order valence-electron chi connectivity index (χ4n) is 1.85. The second-order valence-electron chi connectivity index (χ2n) is 6.38. The summed E-state index contributed by atoms with van der Waals surface area (Å²) in [5, 5.41) is 0. The van der Waals surface area contributed by atoms with Crippen LogP contribution in [0.1, 0.15) is 52.0 Å². The van der Waals surface area contributed by atoms with Crippen LogP contribution < -0.4 is 0 Å². The first-order valence-corrected chi connectivity index (χ1v) is 9.78. The molecule has 0 aromatic heterocycles. The SMILES string of the molecule is C1CCOC1.CC(C)(C)[S@](=O)N=C(CCCCl)c1ccccc1. The standard InChI is InChI=1S/C14H20ClNOS.C4H8O/c1-14(2,3)18(17)16-13(10-7-11-15)12-8-5-4-6-9-12;1-2-4-5-3-1/h4-6,8-9H,7,10-11H2,1-3H3;1-4H2/t18-;/m0./s1. The highest BCUT2D eigenvalue weighted by Gasteiger charge is 2.20. The van der Waals surface area contributed by atoms with Crippen LogP contribution in [-0.4, -0.2) is 33.8 Å². The maximum absolute atomic E-state index is 12.1. The zero-order chi connectivity index (χ0) is 17.1. The van der Waals surface area contributed by atoms with Crippen LogP contribution in [0.25, 0.3) is 0 Å². The summed E-state index contributed by atoms with van der Waals surface area (Å²) in [6, 6.07) is 9.88. The lowest BCUT2D eigenvalue weighted by Gasteiger charge is -2.15. The molecule has 23 heavy (non-hydrogen) atoms. The smallest absolute Gasteiger partial charge is 0.145 e. The van der Waals surface area contributed by atoms with E-state index in [1.54, 1.807) is 0 Å². The third-order valence-corrected chi connectivity index (χ3v) is 4.90. The first-order chi connectivity index (χ1) is 10.9. The number of rotatable bonds is 5. The van der Waals surface area contributed by atoms with Crippen LogP contribution in [0, 0.1) is 0 Å². The first-order valence-electron chi connectivity index (χ1n) is 8.14. The third-order valence-electron chi connectivity index (χ3n) is 3.20. The molecule has 0 aliphatic carbocycles. The van der Waals surface area contributed by atoms with Crippen LogP contribution in [-0.2, 0) is 15.7 Å². The Morgan fingerprint density at radius 3 is 2.26 bits per heavy atom. The van der Waals surface area contributed by atoms with Crippen LogP contribution in [0.4, 0.5) is 0 Å². The van der Waals surface area contributed by atoms with E-state index in [4.69, 9.17) is 16.3 Å². The highest BCUT2D eigenvalue weighted by Crippen LogP contribution is 2.16. The number of halogens is 1. The van der Waals surface area contributed by atoms with Crippen molar-refractivity contribution in [3.63, 3.8) is 0 Å². The molecule has 0 saturated carbocycles. The van der Waals surface area contributed by atoms with E-state index in [0.29, 0.717) is 5.88 Å². The van der Waals surface area contributed by atoms with Gasteiger partial charge in [-0.25, -0.2) is 4.21 Å². The normalized spacial score (nSPS) is 16.6. The van der Waals surface area contributed by atoms with Crippen LogP contribution in [0.3, 0.4) is 0 Å². The molecule has 0 bridgehead atoms. The fourth-order valence-corrected chi connectivity index (χ4v) is 2.66. The van der Waals surface area contributed by atoms with E-state index in [9.17, 15) is 4.21 Å². The van der Waals surface area contributed by atoms with Crippen molar-refractivity contribution in [1.82, 2.24) is 0 Å². The van der Waals surface area contributed by atoms with E-state index in [1.165, 1.54) is 12.8 Å². The summed E-state index contributed by atoms with van der Waals surface area (Å²) in [5.41, 5.74) is 1.91. The molecule has 0 radical (unpaired) electrons. The third kappa shape index (κ3) is 8.63. The predicted molar refractivity (Wildman–Crippen MR) is 101 cm³/mol. The first kappa shape index (κ1) is 20.3. The predicted octanol–water partition coefficient (Wildman–Crippen LogP) is 4.75. The van der Waals surface area contributed by atoms with Crippen molar-refractivity contribution in [2.75, 3.05) is 19.1 Å². The van der Waals surface area contributed by atoms with Crippen LogP contribution >= 0.6 is 11.6 Å². The number of hydrogen-bond donors (Lipinski definition) is 0. The second-order valence-corrected chi connectivity index (χ2v) is 8.66. The van der Waals surface area contributed by atoms with Gasteiger partial charge in [0.2, 0.25) is 0 Å². The molecule has 0 spiro atoms. The van der Waals surface area contributed by atoms with Gasteiger partial charge in [0.25, 0.3) is 0 Å². The van der Waals surface area contributed by atoms with Gasteiger partial charge in [0, 0.05) is 19.1 Å². The van der Waals surface area contributed by atoms with Gasteiger partial charge in [0.1, 0.15) is 11.0 Å². The number of benzene rings is 1. The summed E-state index contributed by atoms with van der Waals surface area (Å²) in [6.45, 7) is 7.78. The molecular formula is C18H28ClNO2S. The van der Waals surface area contributed by atoms with Gasteiger partial charge >= 0.3 is 0 Å². The zero-order valence-corrected chi connectivity index (χ0v) is 16.0. The maximum Gasteiger partial charge on any atom is 0.145 e. The molecule has 3 nitrogen and oxygen atoms in total. The minimum Gasteiger partial charge on any atom is -0.381 e. The summed E-state index contributed by atoms with van der Waals surface area (Å²) in [7, 11) is -1.23. The van der Waals surface area contributed by atoms with Crippen LogP contribution in [0.15, 0.2) is 34.7 Å². The number of alkyl halides is 1. The summed E-state index contributed by atoms with van der Waals surface area (Å²) < 4.78 is 21.1. The maximum atomic E-state index is 12.1. The molecule has 5 heteroatoms. The molecule has 1 fully saturated rings. The highest BCUT2D eigenvalue weighted by atomic mass is 35.5. The summed E-state index contributed by atoms with van der Waals surface area (Å²) in [4.78, 5) is 0. The van der Waals surface area contributed by atoms with Crippen molar-refractivity contribution in [1.29, 1.82) is 0 Å². The molecule has 1 aromatic carbocycles. The monoisotopic (exact) mass is 357 g/mol. The Bertz CT molecular complexity index is 486. The highest BCUT2D eigenvalue weighted by molar-refractivity contribution is 7.85. The van der Waals surface area contributed by atoms with E-state index >= 15 is 0 Å². The van der Waals surface area contributed by atoms with Gasteiger partial charge in [0.15, 0.2) is 0 Å². The van der Waals surface area contributed by atoms with Gasteiger partial charge in [-0.05, 0) is 52.0 Å². The molecule has 0 amide bonds. The summed E-state index contributed by atoms with van der Waals surface area (Å²) in [5.74, 6) is 0.591. The second kappa shape index (κ2) is 11.0. The van der Waals surface area contributed by atoms with Crippen molar-refractivity contribution < 1.29 is 8.95 Å². The molecule has 1 heterocycles. The van der Waals surface area contributed by atoms with Gasteiger partial charge in [-0.15, -0.1) is 11.6 Å². The molecular weight excluding hydrogens is 330 g/mol. The average Bonchev–Trinajstić information content (AvgIpc) is 3.10. The molecule has 1 aromatic rings. The minimum absolute atomic E-state index is 0.332. The summed E-state index contributed by atoms with van der Waals surface area (Å²) >= 11 is 5.73. The molecule has 130 valence electrons. The van der Waals surface area contributed by atoms with Crippen molar-refractivity contribution in [2.45, 2.75) is 51.2 Å². The van der Waals surface area contributed by atoms with Crippen LogP contribution in [0.2, 0.25) is 0 Å². The van der Waals surface area contributed by atoms with Gasteiger partial charge < -0.3 is 4.74 Å². The lowest BCUT2D eigenvalue weighted by molar-refractivity contribution is 0.198. The molecule has 1 atom stereocenters. The lowest BCUT2D eigenvalue weighted by atomic mass is 10.1. The number of nitrogens with zero attached hydrogens (tertiary/aromatic N) is 1. The van der Waals surface area contributed by atoms with Gasteiger partial charge in [-0.1, -0.05) is 30.3 Å². The van der Waals surface area contributed by atoms with Gasteiger partial charge in [-0.3, -0.25) is 0 Å². The quantitative estimate of drug-likeness (QED) is 0.563. The van der Waals surface area contributed by atoms with Crippen molar-refractivity contribution in [3.8, 4) is 0 Å². The van der Waals surface area contributed by atoms with E-state index < -0.39 is 11.0 Å². The Balaban J connectivity index is 0.000000446. The van der Waals surface area contributed by atoms with E-state index in [0.717, 1.165) is 37.3 Å². The van der Waals surface area contributed by atoms with E-state index in [2.05, 4.69) is 4.40 Å². The molecule has 1 aliphatic rings.